The molecule has 4 fully saturated rings. The van der Waals surface area contributed by atoms with Gasteiger partial charge in [-0.05, 0) is 203 Å². The number of likely N-dealkylation sites (tertiary alicyclic amines) is 2. The average molecular weight is 976 g/mol. The minimum absolute atomic E-state index is 0.506. The van der Waals surface area contributed by atoms with Gasteiger partial charge in [0, 0.05) is 75.3 Å². The van der Waals surface area contributed by atoms with E-state index in [1.807, 2.05) is 0 Å². The molecule has 0 amide bonds. The zero-order valence-electron chi connectivity index (χ0n) is 47.3. The molecule has 2 saturated carbocycles. The fourth-order valence-electron chi connectivity index (χ4n) is 13.1. The summed E-state index contributed by atoms with van der Waals surface area (Å²) >= 11 is 0. The molecule has 8 aliphatic rings. The molecule has 10 unspecified atom stereocenters. The van der Waals surface area contributed by atoms with E-state index in [1.165, 1.54) is 148 Å². The summed E-state index contributed by atoms with van der Waals surface area (Å²) in [7, 11) is 13.2. The van der Waals surface area contributed by atoms with Crippen molar-refractivity contribution in [3.63, 3.8) is 0 Å². The second-order valence-corrected chi connectivity index (χ2v) is 23.2. The number of nitrogens with zero attached hydrogens (tertiary/aromatic N) is 6. The smallest absolute Gasteiger partial charge is 0.0511 e. The van der Waals surface area contributed by atoms with Crippen molar-refractivity contribution in [2.75, 3.05) is 65.2 Å². The van der Waals surface area contributed by atoms with Crippen LogP contribution in [0.5, 0.6) is 0 Å². The van der Waals surface area contributed by atoms with Crippen molar-refractivity contribution >= 4 is 23.5 Å². The second-order valence-electron chi connectivity index (χ2n) is 23.2. The minimum Gasteiger partial charge on any atom is -0.374 e. The molecular formula is C66H98N6. The summed E-state index contributed by atoms with van der Waals surface area (Å²) in [5.41, 5.74) is 11.4. The van der Waals surface area contributed by atoms with E-state index >= 15 is 0 Å². The molecule has 0 aromatic heterocycles. The molecule has 4 aromatic carbocycles. The van der Waals surface area contributed by atoms with Crippen molar-refractivity contribution < 1.29 is 0 Å². The number of anilines is 2. The fraction of sp³-hybridized carbons (Fsp3) is 0.576. The lowest BCUT2D eigenvalue weighted by Crippen LogP contribution is -2.48. The largest absolute Gasteiger partial charge is 0.374 e. The zero-order valence-corrected chi connectivity index (χ0v) is 47.3. The Balaban J connectivity index is 0.000000127. The van der Waals surface area contributed by atoms with Crippen molar-refractivity contribution in [1.82, 2.24) is 19.6 Å². The molecule has 10 atom stereocenters. The quantitative estimate of drug-likeness (QED) is 0.174. The number of rotatable bonds is 0. The summed E-state index contributed by atoms with van der Waals surface area (Å²) in [6.07, 6.45) is 28.8. The van der Waals surface area contributed by atoms with Crippen LogP contribution in [0.4, 0.5) is 11.4 Å². The first-order chi connectivity index (χ1) is 34.7. The molecule has 6 nitrogen and oxygen atoms in total. The lowest BCUT2D eigenvalue weighted by molar-refractivity contribution is 0.0447. The lowest BCUT2D eigenvalue weighted by Gasteiger charge is -2.45. The summed E-state index contributed by atoms with van der Waals surface area (Å²) in [5.74, 6) is 3.14. The van der Waals surface area contributed by atoms with Crippen LogP contribution in [0.15, 0.2) is 109 Å². The van der Waals surface area contributed by atoms with Crippen LogP contribution in [0.25, 0.3) is 12.2 Å². The Labute approximate surface area is 440 Å². The number of likely N-dealkylation sites (N-methyl/N-ethyl adjacent to an activating group) is 2. The van der Waals surface area contributed by atoms with Gasteiger partial charge in [-0.25, -0.2) is 0 Å². The molecule has 0 bridgehead atoms. The van der Waals surface area contributed by atoms with Crippen LogP contribution in [0.2, 0.25) is 0 Å². The monoisotopic (exact) mass is 975 g/mol. The predicted molar refractivity (Wildman–Crippen MR) is 313 cm³/mol. The third-order valence-corrected chi connectivity index (χ3v) is 19.0. The molecule has 2 saturated heterocycles. The molecule has 72 heavy (non-hydrogen) atoms. The standard InChI is InChI=1S/C11H21N.C11H15N.C11H13N.C11H21N.C11H15N.C11H13N/c3*1-9-11-6-4-3-5-10(11)7-8-12(9)2;3*1-9-7-8-10-5-3-4-6-11(10)12(9)2/h9-11H,3-8H2,1-2H3;3-6,9H,7-8H2,1-2H3;3-9H,1-2H3;9-11H,3-8H2,1-2H3;3-6,9H,7-8H2,1-2H3;3-9H,1-2H3. The highest BCUT2D eigenvalue weighted by Gasteiger charge is 2.35. The number of para-hydroxylation sites is 2. The maximum Gasteiger partial charge on any atom is 0.0511 e. The van der Waals surface area contributed by atoms with Crippen LogP contribution < -0.4 is 9.80 Å². The van der Waals surface area contributed by atoms with E-state index < -0.39 is 0 Å². The summed E-state index contributed by atoms with van der Waals surface area (Å²) in [5, 5.41) is 0. The molecule has 0 radical (unpaired) electrons. The van der Waals surface area contributed by atoms with Gasteiger partial charge < -0.3 is 24.5 Å². The molecule has 0 N–H and O–H groups in total. The van der Waals surface area contributed by atoms with Crippen molar-refractivity contribution in [3.05, 3.63) is 143 Å². The van der Waals surface area contributed by atoms with E-state index in [4.69, 9.17) is 0 Å². The maximum absolute atomic E-state index is 2.63. The molecule has 6 heteroatoms. The zero-order chi connectivity index (χ0) is 51.3. The maximum atomic E-state index is 2.63. The molecule has 6 aliphatic heterocycles. The molecule has 6 heterocycles. The van der Waals surface area contributed by atoms with Crippen LogP contribution in [0.3, 0.4) is 0 Å². The molecule has 0 spiro atoms. The SMILES string of the molecule is CC1C2CCCCC2CCN1C.CC1C=Cc2ccccc2N1C.CC1CCC2CCCCC2N1C.CC1CCc2ccccc2N1C.CC1c2ccccc2C=CN1C.CC1c2ccccc2CCN1C. The third-order valence-electron chi connectivity index (χ3n) is 19.0. The van der Waals surface area contributed by atoms with Crippen LogP contribution in [-0.4, -0.2) is 105 Å². The Morgan fingerprint density at radius 1 is 0.444 bits per heavy atom. The highest BCUT2D eigenvalue weighted by molar-refractivity contribution is 5.71. The molecule has 2 aliphatic carbocycles. The minimum atomic E-state index is 0.506. The molecule has 4 aromatic rings. The van der Waals surface area contributed by atoms with Crippen LogP contribution >= 0.6 is 0 Å². The Kier molecular flexibility index (Phi) is 20.6. The fourth-order valence-corrected chi connectivity index (χ4v) is 13.1. The van der Waals surface area contributed by atoms with E-state index in [9.17, 15) is 0 Å². The van der Waals surface area contributed by atoms with Gasteiger partial charge in [-0.1, -0.05) is 129 Å². The first-order valence-electron chi connectivity index (χ1n) is 28.7. The van der Waals surface area contributed by atoms with Crippen LogP contribution in [0, 0.1) is 17.8 Å². The normalized spacial score (nSPS) is 29.2. The number of benzene rings is 4. The van der Waals surface area contributed by atoms with Gasteiger partial charge in [-0.2, -0.15) is 0 Å². The van der Waals surface area contributed by atoms with Crippen molar-refractivity contribution in [3.8, 4) is 0 Å². The summed E-state index contributed by atoms with van der Waals surface area (Å²) in [4.78, 5) is 14.5. The van der Waals surface area contributed by atoms with E-state index in [1.54, 1.807) is 0 Å². The predicted octanol–water partition coefficient (Wildman–Crippen LogP) is 15.1. The highest BCUT2D eigenvalue weighted by Crippen LogP contribution is 2.40. The number of hydrogen-bond donors (Lipinski definition) is 0. The number of hydrogen-bond acceptors (Lipinski definition) is 6. The topological polar surface area (TPSA) is 19.4 Å². The first kappa shape index (κ1) is 55.4. The lowest BCUT2D eigenvalue weighted by atomic mass is 9.71. The van der Waals surface area contributed by atoms with Crippen molar-refractivity contribution in [2.45, 2.75) is 174 Å². The van der Waals surface area contributed by atoms with Gasteiger partial charge in [0.05, 0.1) is 6.04 Å². The Hall–Kier alpha value is -4.36. The van der Waals surface area contributed by atoms with E-state index in [2.05, 4.69) is 235 Å². The number of piperidine rings is 2. The van der Waals surface area contributed by atoms with Crippen LogP contribution in [-0.2, 0) is 12.8 Å². The third kappa shape index (κ3) is 14.1. The highest BCUT2D eigenvalue weighted by atomic mass is 15.2. The summed E-state index contributed by atoms with van der Waals surface area (Å²) in [6, 6.07) is 39.4. The Bertz CT molecular complexity index is 2150. The molecule has 392 valence electrons. The molecule has 12 rings (SSSR count). The van der Waals surface area contributed by atoms with Gasteiger partial charge in [-0.15, -0.1) is 0 Å². The van der Waals surface area contributed by atoms with E-state index in [0.29, 0.717) is 24.2 Å². The second kappa shape index (κ2) is 26.7. The van der Waals surface area contributed by atoms with Gasteiger partial charge in [-0.3, -0.25) is 4.90 Å². The van der Waals surface area contributed by atoms with Gasteiger partial charge in [0.2, 0.25) is 0 Å². The van der Waals surface area contributed by atoms with Gasteiger partial charge in [0.25, 0.3) is 0 Å². The summed E-state index contributed by atoms with van der Waals surface area (Å²) in [6.45, 7) is 16.3. The van der Waals surface area contributed by atoms with Gasteiger partial charge >= 0.3 is 0 Å². The van der Waals surface area contributed by atoms with Crippen molar-refractivity contribution in [2.24, 2.45) is 17.8 Å². The van der Waals surface area contributed by atoms with Crippen molar-refractivity contribution in [1.29, 1.82) is 0 Å². The van der Waals surface area contributed by atoms with E-state index in [-0.39, 0.29) is 0 Å². The van der Waals surface area contributed by atoms with Crippen LogP contribution in [0.1, 0.15) is 164 Å². The molecular weight excluding hydrogens is 877 g/mol. The van der Waals surface area contributed by atoms with E-state index in [0.717, 1.165) is 35.9 Å². The number of aryl methyl sites for hydroxylation is 1. The summed E-state index contributed by atoms with van der Waals surface area (Å²) < 4.78 is 0. The van der Waals surface area contributed by atoms with Gasteiger partial charge in [0.15, 0.2) is 0 Å². The Morgan fingerprint density at radius 2 is 1.07 bits per heavy atom. The van der Waals surface area contributed by atoms with Gasteiger partial charge in [0.1, 0.15) is 0 Å². The Morgan fingerprint density at radius 3 is 1.83 bits per heavy atom. The first-order valence-corrected chi connectivity index (χ1v) is 28.7. The number of fused-ring (bicyclic) bond motifs is 6. The average Bonchev–Trinajstić information content (AvgIpc) is 3.42.